The highest BCUT2D eigenvalue weighted by atomic mass is 16.8. The minimum atomic E-state index is -1.81. The van der Waals surface area contributed by atoms with Crippen LogP contribution in [-0.4, -0.2) is 104 Å². The van der Waals surface area contributed by atoms with Gasteiger partial charge in [-0.25, -0.2) is 4.79 Å². The summed E-state index contributed by atoms with van der Waals surface area (Å²) in [7, 11) is 0. The van der Waals surface area contributed by atoms with Gasteiger partial charge in [-0.1, -0.05) is 0 Å². The lowest BCUT2D eigenvalue weighted by Crippen LogP contribution is -2.63. The Kier molecular flexibility index (Phi) is 12.1. The van der Waals surface area contributed by atoms with Crippen molar-refractivity contribution in [3.63, 3.8) is 0 Å². The summed E-state index contributed by atoms with van der Waals surface area (Å²) in [6.45, 7) is 4.98. The monoisotopic (exact) mass is 708 g/mol. The number of esters is 6. The Morgan fingerprint density at radius 2 is 1.36 bits per heavy atom. The van der Waals surface area contributed by atoms with Gasteiger partial charge in [-0.05, 0) is 18.2 Å². The van der Waals surface area contributed by atoms with Crippen molar-refractivity contribution in [2.24, 2.45) is 0 Å². The van der Waals surface area contributed by atoms with E-state index in [1.54, 1.807) is 6.07 Å². The van der Waals surface area contributed by atoms with Crippen LogP contribution in [0.3, 0.4) is 0 Å². The van der Waals surface area contributed by atoms with Crippen LogP contribution in [0, 0.1) is 0 Å². The van der Waals surface area contributed by atoms with E-state index in [1.807, 2.05) is 0 Å². The number of benzene rings is 1. The second-order valence-electron chi connectivity index (χ2n) is 11.3. The van der Waals surface area contributed by atoms with E-state index in [0.29, 0.717) is 5.39 Å². The summed E-state index contributed by atoms with van der Waals surface area (Å²) in [5.41, 5.74) is -2.28. The zero-order chi connectivity index (χ0) is 36.7. The molecule has 0 saturated carbocycles. The average Bonchev–Trinajstić information content (AvgIpc) is 3.32. The molecule has 2 fully saturated rings. The zero-order valence-corrected chi connectivity index (χ0v) is 27.9. The molecule has 0 amide bonds. The van der Waals surface area contributed by atoms with Crippen LogP contribution in [0.5, 0.6) is 5.75 Å². The highest BCUT2D eigenvalue weighted by Crippen LogP contribution is 2.35. The fraction of sp³-hybridized carbons (Fsp3) is 0.531. The number of ether oxygens (including phenoxy) is 10. The molecule has 2 saturated heterocycles. The predicted octanol–water partition coefficient (Wildman–Crippen LogP) is 0.861. The van der Waals surface area contributed by atoms with Gasteiger partial charge in [0.25, 0.3) is 0 Å². The molecule has 50 heavy (non-hydrogen) atoms. The Morgan fingerprint density at radius 3 is 1.98 bits per heavy atom. The molecule has 2 aliphatic rings. The van der Waals surface area contributed by atoms with E-state index in [0.717, 1.165) is 41.5 Å². The van der Waals surface area contributed by atoms with Crippen LogP contribution in [0.25, 0.3) is 11.0 Å². The minimum Gasteiger partial charge on any atom is -0.461 e. The number of carbonyl (C=O) groups is 6. The lowest BCUT2D eigenvalue weighted by Gasteiger charge is -2.44. The molecule has 8 atom stereocenters. The Bertz CT molecular complexity index is 1670. The zero-order valence-electron chi connectivity index (χ0n) is 27.9. The summed E-state index contributed by atoms with van der Waals surface area (Å²) >= 11 is 0. The fourth-order valence-corrected chi connectivity index (χ4v) is 5.39. The van der Waals surface area contributed by atoms with Crippen molar-refractivity contribution in [1.82, 2.24) is 0 Å². The van der Waals surface area contributed by atoms with E-state index in [9.17, 15) is 33.6 Å². The van der Waals surface area contributed by atoms with Gasteiger partial charge >= 0.3 is 41.4 Å². The molecule has 1 aromatic heterocycles. The summed E-state index contributed by atoms with van der Waals surface area (Å²) < 4.78 is 61.5. The normalized spacial score (nSPS) is 27.4. The van der Waals surface area contributed by atoms with Crippen LogP contribution in [0.4, 0.5) is 0 Å². The summed E-state index contributed by atoms with van der Waals surface area (Å²) in [5, 5.41) is 0.564. The van der Waals surface area contributed by atoms with Crippen molar-refractivity contribution in [3.8, 4) is 5.75 Å². The molecule has 1 aromatic carbocycles. The van der Waals surface area contributed by atoms with Gasteiger partial charge in [-0.15, -0.1) is 0 Å². The van der Waals surface area contributed by atoms with E-state index in [1.165, 1.54) is 24.3 Å². The van der Waals surface area contributed by atoms with Crippen LogP contribution in [0.15, 0.2) is 39.5 Å². The molecule has 0 unspecified atom stereocenters. The van der Waals surface area contributed by atoms with Crippen molar-refractivity contribution >= 4 is 46.8 Å². The average molecular weight is 709 g/mol. The van der Waals surface area contributed by atoms with Gasteiger partial charge in [0.05, 0.1) is 13.2 Å². The third kappa shape index (κ3) is 9.54. The van der Waals surface area contributed by atoms with Crippen LogP contribution >= 0.6 is 0 Å². The maximum atomic E-state index is 12.3. The molecule has 0 radical (unpaired) electrons. The molecule has 2 aliphatic heterocycles. The smallest absolute Gasteiger partial charge is 0.336 e. The highest BCUT2D eigenvalue weighted by molar-refractivity contribution is 5.77. The van der Waals surface area contributed by atoms with Crippen LogP contribution < -0.4 is 10.4 Å². The summed E-state index contributed by atoms with van der Waals surface area (Å²) in [5.74, 6) is -4.79. The Labute approximate surface area is 284 Å². The number of carbonyl (C=O) groups excluding carboxylic acids is 6. The maximum absolute atomic E-state index is 12.3. The number of rotatable bonds is 12. The molecule has 2 aromatic rings. The second-order valence-corrected chi connectivity index (χ2v) is 11.3. The van der Waals surface area contributed by atoms with Crippen LogP contribution in [-0.2, 0) is 71.4 Å². The van der Waals surface area contributed by atoms with Crippen molar-refractivity contribution < 1.29 is 80.6 Å². The van der Waals surface area contributed by atoms with Crippen molar-refractivity contribution in [3.05, 3.63) is 40.8 Å². The molecule has 18 nitrogen and oxygen atoms in total. The van der Waals surface area contributed by atoms with Crippen LogP contribution in [0.2, 0.25) is 0 Å². The third-order valence-electron chi connectivity index (χ3n) is 7.19. The summed E-state index contributed by atoms with van der Waals surface area (Å²) in [6, 6.07) is 7.24. The lowest BCUT2D eigenvalue weighted by molar-refractivity contribution is -0.297. The largest absolute Gasteiger partial charge is 0.461 e. The molecule has 0 spiro atoms. The van der Waals surface area contributed by atoms with Gasteiger partial charge in [0.2, 0.25) is 18.0 Å². The Balaban J connectivity index is 1.69. The fourth-order valence-electron chi connectivity index (χ4n) is 5.39. The quantitative estimate of drug-likeness (QED) is 0.169. The van der Waals surface area contributed by atoms with Gasteiger partial charge in [0.1, 0.15) is 24.0 Å². The SMILES string of the molecule is CC(=O)OC[C@@]1(OC(C)=O)CO[C@@H](OC[C@H]2O[C@@H](Oc3ccc4ccc(=O)oc4c3)[C@H](OC(C)=O)[C@@H](OC(C)=O)[C@@H]2OC(C)=O)[C@@H]1OC(C)=O. The van der Waals surface area contributed by atoms with Crippen molar-refractivity contribution in [1.29, 1.82) is 0 Å². The third-order valence-corrected chi connectivity index (χ3v) is 7.19. The standard InChI is InChI=1S/C32H36O18/c1-15(33)41-13-32(50-20(6)38)14-42-31(29(32)46-19(5)37)40-12-24-26(43-16(2)34)27(44-17(3)35)28(45-18(4)36)30(49-24)47-22-9-7-21-8-10-25(39)48-23(21)11-22/h7-11,24,26-31H,12-14H2,1-6H3/t24-,26-,27+,28-,29+,30-,31-,32-/m1/s1. The Hall–Kier alpha value is -5.07. The number of hydrogen-bond donors (Lipinski definition) is 0. The lowest BCUT2D eigenvalue weighted by atomic mass is 9.97. The summed E-state index contributed by atoms with van der Waals surface area (Å²) in [6.07, 6.45) is -10.4. The highest BCUT2D eigenvalue weighted by Gasteiger charge is 2.58. The first-order valence-corrected chi connectivity index (χ1v) is 15.2. The molecule has 3 heterocycles. The van der Waals surface area contributed by atoms with Crippen molar-refractivity contribution in [2.45, 2.75) is 90.2 Å². The van der Waals surface area contributed by atoms with Gasteiger partial charge in [0, 0.05) is 59.1 Å². The Morgan fingerprint density at radius 1 is 0.740 bits per heavy atom. The molecule has 272 valence electrons. The predicted molar refractivity (Wildman–Crippen MR) is 161 cm³/mol. The molecular weight excluding hydrogens is 672 g/mol. The molecule has 0 N–H and O–H groups in total. The first-order chi connectivity index (χ1) is 23.6. The first kappa shape index (κ1) is 37.7. The molecular formula is C32H36O18. The maximum Gasteiger partial charge on any atom is 0.336 e. The second kappa shape index (κ2) is 16.1. The van der Waals surface area contributed by atoms with E-state index < -0.39 is 110 Å². The number of fused-ring (bicyclic) bond motifs is 1. The van der Waals surface area contributed by atoms with E-state index in [-0.39, 0.29) is 11.3 Å². The first-order valence-electron chi connectivity index (χ1n) is 15.2. The minimum absolute atomic E-state index is 0.0758. The molecule has 0 aliphatic carbocycles. The van der Waals surface area contributed by atoms with Crippen LogP contribution in [0.1, 0.15) is 41.5 Å². The van der Waals surface area contributed by atoms with Gasteiger partial charge in [-0.3, -0.25) is 28.8 Å². The molecule has 0 bridgehead atoms. The molecule has 18 heteroatoms. The number of hydrogen-bond acceptors (Lipinski definition) is 18. The van der Waals surface area contributed by atoms with E-state index in [2.05, 4.69) is 0 Å². The van der Waals surface area contributed by atoms with Gasteiger partial charge in [-0.2, -0.15) is 0 Å². The van der Waals surface area contributed by atoms with Crippen molar-refractivity contribution in [2.75, 3.05) is 19.8 Å². The van der Waals surface area contributed by atoms with E-state index >= 15 is 0 Å². The van der Waals surface area contributed by atoms with E-state index in [4.69, 9.17) is 51.8 Å². The topological polar surface area (TPSA) is 225 Å². The van der Waals surface area contributed by atoms with Gasteiger partial charge in [0.15, 0.2) is 24.6 Å². The summed E-state index contributed by atoms with van der Waals surface area (Å²) in [4.78, 5) is 84.5. The molecule has 4 rings (SSSR count). The van der Waals surface area contributed by atoms with Gasteiger partial charge < -0.3 is 51.8 Å².